The summed E-state index contributed by atoms with van der Waals surface area (Å²) >= 11 is 0. The first kappa shape index (κ1) is 14.1. The normalized spacial score (nSPS) is 22.0. The van der Waals surface area contributed by atoms with Crippen LogP contribution < -0.4 is 5.32 Å². The maximum absolute atomic E-state index is 12.3. The van der Waals surface area contributed by atoms with Gasteiger partial charge >= 0.3 is 0 Å². The number of likely N-dealkylation sites (tertiary alicyclic amines) is 1. The number of aliphatic hydroxyl groups is 1. The fourth-order valence-corrected chi connectivity index (χ4v) is 2.58. The van der Waals surface area contributed by atoms with Gasteiger partial charge in [-0.15, -0.1) is 0 Å². The molecule has 2 amide bonds. The molecule has 21 heavy (non-hydrogen) atoms. The molecule has 5 heteroatoms. The van der Waals surface area contributed by atoms with Crippen LogP contribution >= 0.6 is 0 Å². The van der Waals surface area contributed by atoms with Crippen molar-refractivity contribution in [2.45, 2.75) is 37.8 Å². The Labute approximate surface area is 123 Å². The third-order valence-electron chi connectivity index (χ3n) is 3.99. The standard InChI is InChI=1S/C16H20N2O3/c19-14-2-1-9-18(10-14)16(21)12-5-3-11(4-6-12)15(20)17-13-7-8-13/h3-6,13-14,19H,1-2,7-10H2,(H,17,20). The number of carbonyl (C=O) groups is 2. The Morgan fingerprint density at radius 1 is 1.10 bits per heavy atom. The zero-order valence-electron chi connectivity index (χ0n) is 11.9. The number of benzene rings is 1. The lowest BCUT2D eigenvalue weighted by molar-refractivity contribution is 0.0473. The minimum atomic E-state index is -0.425. The second kappa shape index (κ2) is 5.85. The topological polar surface area (TPSA) is 69.6 Å². The van der Waals surface area contributed by atoms with Gasteiger partial charge in [-0.1, -0.05) is 0 Å². The van der Waals surface area contributed by atoms with Crippen molar-refractivity contribution in [2.24, 2.45) is 0 Å². The van der Waals surface area contributed by atoms with Crippen LogP contribution in [-0.2, 0) is 0 Å². The number of nitrogens with zero attached hydrogens (tertiary/aromatic N) is 1. The lowest BCUT2D eigenvalue weighted by atomic mass is 10.1. The summed E-state index contributed by atoms with van der Waals surface area (Å²) in [6, 6.07) is 7.07. The molecule has 1 aliphatic carbocycles. The van der Waals surface area contributed by atoms with E-state index in [4.69, 9.17) is 0 Å². The van der Waals surface area contributed by atoms with Crippen LogP contribution in [0.25, 0.3) is 0 Å². The Bertz CT molecular complexity index is 537. The van der Waals surface area contributed by atoms with Crippen molar-refractivity contribution in [2.75, 3.05) is 13.1 Å². The first-order valence-corrected chi connectivity index (χ1v) is 7.52. The average molecular weight is 288 g/mol. The number of β-amino-alcohol motifs (C(OH)–C–C–N with tert-alkyl or cyclic N) is 1. The number of carbonyl (C=O) groups excluding carboxylic acids is 2. The number of piperidine rings is 1. The molecule has 1 saturated heterocycles. The predicted molar refractivity (Wildman–Crippen MR) is 78.1 cm³/mol. The number of nitrogens with one attached hydrogen (secondary N) is 1. The summed E-state index contributed by atoms with van der Waals surface area (Å²) < 4.78 is 0. The number of aliphatic hydroxyl groups excluding tert-OH is 1. The van der Waals surface area contributed by atoms with Gasteiger partial charge in [0.1, 0.15) is 0 Å². The number of amides is 2. The highest BCUT2D eigenvalue weighted by atomic mass is 16.3. The number of hydrogen-bond donors (Lipinski definition) is 2. The number of rotatable bonds is 3. The van der Waals surface area contributed by atoms with Gasteiger partial charge in [0.2, 0.25) is 0 Å². The van der Waals surface area contributed by atoms with Crippen molar-refractivity contribution in [3.05, 3.63) is 35.4 Å². The highest BCUT2D eigenvalue weighted by molar-refractivity contribution is 5.98. The molecule has 1 aliphatic heterocycles. The van der Waals surface area contributed by atoms with Crippen molar-refractivity contribution in [3.63, 3.8) is 0 Å². The van der Waals surface area contributed by atoms with E-state index in [0.29, 0.717) is 30.3 Å². The summed E-state index contributed by atoms with van der Waals surface area (Å²) in [4.78, 5) is 25.9. The molecule has 0 spiro atoms. The summed E-state index contributed by atoms with van der Waals surface area (Å²) in [6.07, 6.45) is 3.27. The third-order valence-corrected chi connectivity index (χ3v) is 3.99. The minimum Gasteiger partial charge on any atom is -0.391 e. The summed E-state index contributed by atoms with van der Waals surface area (Å²) in [5.41, 5.74) is 1.14. The maximum atomic E-state index is 12.3. The molecular weight excluding hydrogens is 268 g/mol. The molecule has 1 saturated carbocycles. The summed E-state index contributed by atoms with van der Waals surface area (Å²) in [7, 11) is 0. The van der Waals surface area contributed by atoms with Gasteiger partial charge in [-0.3, -0.25) is 9.59 Å². The maximum Gasteiger partial charge on any atom is 0.253 e. The van der Waals surface area contributed by atoms with E-state index in [9.17, 15) is 14.7 Å². The third kappa shape index (κ3) is 3.42. The van der Waals surface area contributed by atoms with Crippen molar-refractivity contribution in [3.8, 4) is 0 Å². The Hall–Kier alpha value is -1.88. The van der Waals surface area contributed by atoms with E-state index in [-0.39, 0.29) is 11.8 Å². The molecule has 0 aromatic heterocycles. The second-order valence-electron chi connectivity index (χ2n) is 5.87. The van der Waals surface area contributed by atoms with Crippen LogP contribution in [0.4, 0.5) is 0 Å². The summed E-state index contributed by atoms with van der Waals surface area (Å²) in [5, 5.41) is 12.6. The van der Waals surface area contributed by atoms with Gasteiger partial charge in [0.05, 0.1) is 6.10 Å². The summed E-state index contributed by atoms with van der Waals surface area (Å²) in [5.74, 6) is -0.159. The quantitative estimate of drug-likeness (QED) is 0.877. The monoisotopic (exact) mass is 288 g/mol. The van der Waals surface area contributed by atoms with E-state index in [1.807, 2.05) is 0 Å². The Morgan fingerprint density at radius 3 is 2.38 bits per heavy atom. The molecule has 112 valence electrons. The Kier molecular flexibility index (Phi) is 3.92. The highest BCUT2D eigenvalue weighted by Crippen LogP contribution is 2.19. The van der Waals surface area contributed by atoms with Crippen molar-refractivity contribution in [1.29, 1.82) is 0 Å². The van der Waals surface area contributed by atoms with Crippen LogP contribution in [0.1, 0.15) is 46.4 Å². The Morgan fingerprint density at radius 2 is 1.76 bits per heavy atom. The van der Waals surface area contributed by atoms with E-state index < -0.39 is 6.10 Å². The van der Waals surface area contributed by atoms with Gasteiger partial charge in [-0.2, -0.15) is 0 Å². The van der Waals surface area contributed by atoms with Crippen LogP contribution in [0, 0.1) is 0 Å². The van der Waals surface area contributed by atoms with E-state index >= 15 is 0 Å². The molecule has 2 aliphatic rings. The molecule has 1 aromatic rings. The molecule has 1 unspecified atom stereocenters. The second-order valence-corrected chi connectivity index (χ2v) is 5.87. The van der Waals surface area contributed by atoms with Crippen LogP contribution in [0.5, 0.6) is 0 Å². The molecule has 1 atom stereocenters. The van der Waals surface area contributed by atoms with Crippen LogP contribution in [0.2, 0.25) is 0 Å². The fraction of sp³-hybridized carbons (Fsp3) is 0.500. The molecule has 0 radical (unpaired) electrons. The van der Waals surface area contributed by atoms with Gasteiger partial charge < -0.3 is 15.3 Å². The van der Waals surface area contributed by atoms with Gasteiger partial charge in [-0.25, -0.2) is 0 Å². The molecule has 3 rings (SSSR count). The van der Waals surface area contributed by atoms with Crippen LogP contribution in [0.3, 0.4) is 0 Å². The van der Waals surface area contributed by atoms with E-state index in [0.717, 1.165) is 25.7 Å². The van der Waals surface area contributed by atoms with E-state index in [2.05, 4.69) is 5.32 Å². The average Bonchev–Trinajstić information content (AvgIpc) is 3.30. The zero-order valence-corrected chi connectivity index (χ0v) is 11.9. The molecule has 5 nitrogen and oxygen atoms in total. The Balaban J connectivity index is 1.65. The minimum absolute atomic E-state index is 0.0788. The van der Waals surface area contributed by atoms with Gasteiger partial charge in [0.25, 0.3) is 11.8 Å². The lowest BCUT2D eigenvalue weighted by Crippen LogP contribution is -2.42. The first-order chi connectivity index (χ1) is 10.1. The van der Waals surface area contributed by atoms with Gasteiger partial charge in [0.15, 0.2) is 0 Å². The van der Waals surface area contributed by atoms with Crippen molar-refractivity contribution >= 4 is 11.8 Å². The summed E-state index contributed by atoms with van der Waals surface area (Å²) in [6.45, 7) is 1.07. The first-order valence-electron chi connectivity index (χ1n) is 7.52. The molecule has 2 N–H and O–H groups in total. The van der Waals surface area contributed by atoms with E-state index in [1.165, 1.54) is 0 Å². The molecule has 2 fully saturated rings. The van der Waals surface area contributed by atoms with Gasteiger partial charge in [-0.05, 0) is 49.9 Å². The predicted octanol–water partition coefficient (Wildman–Crippen LogP) is 1.18. The van der Waals surface area contributed by atoms with Gasteiger partial charge in [0, 0.05) is 30.3 Å². The molecular formula is C16H20N2O3. The molecule has 1 heterocycles. The highest BCUT2D eigenvalue weighted by Gasteiger charge is 2.25. The van der Waals surface area contributed by atoms with Crippen LogP contribution in [-0.4, -0.2) is 47.1 Å². The van der Waals surface area contributed by atoms with Crippen molar-refractivity contribution < 1.29 is 14.7 Å². The van der Waals surface area contributed by atoms with Crippen LogP contribution in [0.15, 0.2) is 24.3 Å². The molecule has 0 bridgehead atoms. The largest absolute Gasteiger partial charge is 0.391 e. The molecule has 1 aromatic carbocycles. The lowest BCUT2D eigenvalue weighted by Gasteiger charge is -2.30. The van der Waals surface area contributed by atoms with E-state index in [1.54, 1.807) is 29.2 Å². The SMILES string of the molecule is O=C(NC1CC1)c1ccc(C(=O)N2CCCC(O)C2)cc1. The van der Waals surface area contributed by atoms with Crippen molar-refractivity contribution in [1.82, 2.24) is 10.2 Å². The smallest absolute Gasteiger partial charge is 0.253 e. The zero-order chi connectivity index (χ0) is 14.8. The number of hydrogen-bond acceptors (Lipinski definition) is 3. The fourth-order valence-electron chi connectivity index (χ4n) is 2.58.